The van der Waals surface area contributed by atoms with Crippen LogP contribution < -0.4 is 10.2 Å². The van der Waals surface area contributed by atoms with Crippen molar-refractivity contribution in [1.29, 1.82) is 0 Å². The van der Waals surface area contributed by atoms with Gasteiger partial charge in [0, 0.05) is 22.1 Å². The van der Waals surface area contributed by atoms with Gasteiger partial charge in [-0.2, -0.15) is 5.10 Å². The number of halogens is 1. The van der Waals surface area contributed by atoms with Gasteiger partial charge in [0.1, 0.15) is 11.5 Å². The Morgan fingerprint density at radius 1 is 0.971 bits per heavy atom. The van der Waals surface area contributed by atoms with Crippen LogP contribution in [-0.4, -0.2) is 30.3 Å². The number of amides is 1. The summed E-state index contributed by atoms with van der Waals surface area (Å²) in [7, 11) is 1.32. The number of hydrazone groups is 1. The molecule has 0 aliphatic rings. The van der Waals surface area contributed by atoms with E-state index < -0.39 is 18.0 Å². The SMILES string of the molecule is COC(=O)C(Oc1ccc(/C=N/NC(=O)c2ccc(O)c(Cl)c2)c2ccccc12)c1ccccc1. The van der Waals surface area contributed by atoms with Gasteiger partial charge in [0.05, 0.1) is 18.3 Å². The van der Waals surface area contributed by atoms with Gasteiger partial charge in [0.25, 0.3) is 5.91 Å². The Hall–Kier alpha value is -4.36. The molecule has 2 N–H and O–H groups in total. The van der Waals surface area contributed by atoms with Crippen LogP contribution in [0.25, 0.3) is 10.8 Å². The number of hydrogen-bond acceptors (Lipinski definition) is 6. The Morgan fingerprint density at radius 2 is 1.69 bits per heavy atom. The molecular formula is C27H21ClN2O5. The van der Waals surface area contributed by atoms with E-state index in [0.717, 1.165) is 16.3 Å². The summed E-state index contributed by atoms with van der Waals surface area (Å²) in [5.41, 5.74) is 4.11. The third kappa shape index (κ3) is 5.42. The first-order valence-electron chi connectivity index (χ1n) is 10.6. The fourth-order valence-electron chi connectivity index (χ4n) is 3.50. The molecule has 0 aliphatic heterocycles. The third-order valence-corrected chi connectivity index (χ3v) is 5.56. The molecule has 8 heteroatoms. The van der Waals surface area contributed by atoms with Crippen LogP contribution in [0, 0.1) is 0 Å². The number of aromatic hydroxyl groups is 1. The van der Waals surface area contributed by atoms with Crippen LogP contribution in [0.5, 0.6) is 11.5 Å². The predicted octanol–water partition coefficient (Wildman–Crippen LogP) is 5.26. The Bertz CT molecular complexity index is 1410. The van der Waals surface area contributed by atoms with Gasteiger partial charge in [-0.3, -0.25) is 4.79 Å². The van der Waals surface area contributed by atoms with E-state index in [9.17, 15) is 14.7 Å². The molecule has 1 unspecified atom stereocenters. The number of esters is 1. The molecule has 0 radical (unpaired) electrons. The maximum atomic E-state index is 12.5. The molecule has 0 spiro atoms. The standard InChI is InChI=1S/C27H21ClN2O5/c1-34-27(33)25(17-7-3-2-4-8-17)35-24-14-12-19(20-9-5-6-10-21(20)24)16-29-30-26(32)18-11-13-23(31)22(28)15-18/h2-16,25,31H,1H3,(H,30,32)/b29-16+. The zero-order valence-corrected chi connectivity index (χ0v) is 19.4. The highest BCUT2D eigenvalue weighted by Crippen LogP contribution is 2.32. The van der Waals surface area contributed by atoms with Crippen LogP contribution in [-0.2, 0) is 9.53 Å². The lowest BCUT2D eigenvalue weighted by Crippen LogP contribution is -2.20. The van der Waals surface area contributed by atoms with E-state index in [1.807, 2.05) is 42.5 Å². The van der Waals surface area contributed by atoms with Gasteiger partial charge in [-0.25, -0.2) is 10.2 Å². The molecule has 0 saturated heterocycles. The highest BCUT2D eigenvalue weighted by Gasteiger charge is 2.24. The fourth-order valence-corrected chi connectivity index (χ4v) is 3.68. The van der Waals surface area contributed by atoms with Crippen LogP contribution >= 0.6 is 11.6 Å². The van der Waals surface area contributed by atoms with Crippen molar-refractivity contribution in [3.8, 4) is 11.5 Å². The topological polar surface area (TPSA) is 97.2 Å². The van der Waals surface area contributed by atoms with E-state index in [4.69, 9.17) is 21.1 Å². The Balaban J connectivity index is 1.59. The van der Waals surface area contributed by atoms with E-state index >= 15 is 0 Å². The number of phenols is 1. The van der Waals surface area contributed by atoms with E-state index in [0.29, 0.717) is 11.3 Å². The Morgan fingerprint density at radius 3 is 2.40 bits per heavy atom. The van der Waals surface area contributed by atoms with Gasteiger partial charge >= 0.3 is 5.97 Å². The van der Waals surface area contributed by atoms with Crippen LogP contribution in [0.1, 0.15) is 27.6 Å². The van der Waals surface area contributed by atoms with Crippen molar-refractivity contribution in [2.45, 2.75) is 6.10 Å². The van der Waals surface area contributed by atoms with Gasteiger partial charge < -0.3 is 14.6 Å². The number of hydrogen-bond donors (Lipinski definition) is 2. The van der Waals surface area contributed by atoms with Gasteiger partial charge in [-0.15, -0.1) is 0 Å². The summed E-state index contributed by atoms with van der Waals surface area (Å²) >= 11 is 5.86. The molecule has 4 rings (SSSR count). The van der Waals surface area contributed by atoms with Crippen molar-refractivity contribution in [1.82, 2.24) is 5.43 Å². The van der Waals surface area contributed by atoms with E-state index in [1.165, 1.54) is 31.5 Å². The van der Waals surface area contributed by atoms with Gasteiger partial charge in [-0.1, -0.05) is 66.2 Å². The van der Waals surface area contributed by atoms with Gasteiger partial charge in [0.2, 0.25) is 6.10 Å². The van der Waals surface area contributed by atoms with Crippen molar-refractivity contribution < 1.29 is 24.2 Å². The van der Waals surface area contributed by atoms with Gasteiger partial charge in [0.15, 0.2) is 0 Å². The van der Waals surface area contributed by atoms with Crippen LogP contribution in [0.2, 0.25) is 5.02 Å². The van der Waals surface area contributed by atoms with Crippen molar-refractivity contribution in [2.75, 3.05) is 7.11 Å². The number of methoxy groups -OCH3 is 1. The number of rotatable bonds is 7. The lowest BCUT2D eigenvalue weighted by molar-refractivity contribution is -0.149. The number of fused-ring (bicyclic) bond motifs is 1. The monoisotopic (exact) mass is 488 g/mol. The summed E-state index contributed by atoms with van der Waals surface area (Å²) in [6, 6.07) is 24.3. The summed E-state index contributed by atoms with van der Waals surface area (Å²) in [5, 5.41) is 15.2. The maximum absolute atomic E-state index is 12.5. The molecule has 0 bridgehead atoms. The second-order valence-electron chi connectivity index (χ2n) is 7.50. The molecule has 35 heavy (non-hydrogen) atoms. The number of phenolic OH excluding ortho intramolecular Hbond substituents is 1. The van der Waals surface area contributed by atoms with Crippen molar-refractivity contribution >= 4 is 40.5 Å². The van der Waals surface area contributed by atoms with Crippen molar-refractivity contribution in [3.05, 3.63) is 107 Å². The van der Waals surface area contributed by atoms with Gasteiger partial charge in [-0.05, 0) is 35.7 Å². The van der Waals surface area contributed by atoms with Crippen LogP contribution in [0.15, 0.2) is 90.0 Å². The fraction of sp³-hybridized carbons (Fsp3) is 0.0741. The lowest BCUT2D eigenvalue weighted by atomic mass is 10.0. The molecule has 0 aromatic heterocycles. The summed E-state index contributed by atoms with van der Waals surface area (Å²) in [5.74, 6) is -0.596. The molecule has 176 valence electrons. The smallest absolute Gasteiger partial charge is 0.351 e. The number of carbonyl (C=O) groups excluding carboxylic acids is 2. The summed E-state index contributed by atoms with van der Waals surface area (Å²) < 4.78 is 11.1. The average Bonchev–Trinajstić information content (AvgIpc) is 2.89. The van der Waals surface area contributed by atoms with Crippen LogP contribution in [0.4, 0.5) is 0 Å². The first-order valence-corrected chi connectivity index (χ1v) is 11.0. The molecule has 4 aromatic rings. The van der Waals surface area contributed by atoms with E-state index in [-0.39, 0.29) is 16.3 Å². The summed E-state index contributed by atoms with van der Waals surface area (Å²) in [6.07, 6.45) is 0.585. The lowest BCUT2D eigenvalue weighted by Gasteiger charge is -2.19. The molecule has 0 aliphatic carbocycles. The largest absolute Gasteiger partial charge is 0.506 e. The maximum Gasteiger partial charge on any atom is 0.351 e. The number of nitrogens with one attached hydrogen (secondary N) is 1. The minimum Gasteiger partial charge on any atom is -0.506 e. The van der Waals surface area contributed by atoms with Crippen LogP contribution in [0.3, 0.4) is 0 Å². The third-order valence-electron chi connectivity index (χ3n) is 5.26. The second-order valence-corrected chi connectivity index (χ2v) is 7.90. The molecule has 1 atom stereocenters. The number of benzene rings is 4. The molecule has 4 aromatic carbocycles. The zero-order valence-electron chi connectivity index (χ0n) is 18.6. The first-order chi connectivity index (χ1) is 17.0. The average molecular weight is 489 g/mol. The molecular weight excluding hydrogens is 468 g/mol. The minimum absolute atomic E-state index is 0.0731. The van der Waals surface area contributed by atoms with Crippen molar-refractivity contribution in [2.24, 2.45) is 5.10 Å². The number of ether oxygens (including phenoxy) is 2. The summed E-state index contributed by atoms with van der Waals surface area (Å²) in [6.45, 7) is 0. The van der Waals surface area contributed by atoms with E-state index in [2.05, 4.69) is 10.5 Å². The molecule has 1 amide bonds. The van der Waals surface area contributed by atoms with Crippen molar-refractivity contribution in [3.63, 3.8) is 0 Å². The zero-order chi connectivity index (χ0) is 24.8. The molecule has 0 saturated carbocycles. The second kappa shape index (κ2) is 10.7. The molecule has 0 heterocycles. The normalized spacial score (nSPS) is 11.8. The highest BCUT2D eigenvalue weighted by atomic mass is 35.5. The molecule has 7 nitrogen and oxygen atoms in total. The quantitative estimate of drug-likeness (QED) is 0.210. The predicted molar refractivity (Wildman–Crippen MR) is 134 cm³/mol. The first kappa shape index (κ1) is 23.8. The number of nitrogens with zero attached hydrogens (tertiary/aromatic N) is 1. The summed E-state index contributed by atoms with van der Waals surface area (Å²) in [4.78, 5) is 24.8. The Labute approximate surface area is 206 Å². The number of carbonyl (C=O) groups is 2. The highest BCUT2D eigenvalue weighted by molar-refractivity contribution is 6.32. The van der Waals surface area contributed by atoms with E-state index in [1.54, 1.807) is 24.3 Å². The minimum atomic E-state index is -0.930. The molecule has 0 fully saturated rings. The Kier molecular flexibility index (Phi) is 7.28.